The van der Waals surface area contributed by atoms with Gasteiger partial charge in [-0.05, 0) is 134 Å². The van der Waals surface area contributed by atoms with Crippen LogP contribution in [0.1, 0.15) is 258 Å². The number of allylic oxidation sites excluding steroid dienone is 2. The van der Waals surface area contributed by atoms with Crippen molar-refractivity contribution in [3.05, 3.63) is 24.3 Å². The Balaban J connectivity index is -0.000000622. The Morgan fingerprint density at radius 1 is 0.424 bits per heavy atom. The summed E-state index contributed by atoms with van der Waals surface area (Å²) in [4.78, 5) is 0. The molecule has 0 radical (unpaired) electrons. The Morgan fingerprint density at radius 3 is 1.05 bits per heavy atom. The van der Waals surface area contributed by atoms with Crippen LogP contribution in [0.2, 0.25) is 0 Å². The molecular formula is C59H108. The average Bonchev–Trinajstić information content (AvgIpc) is 3.16. The van der Waals surface area contributed by atoms with E-state index in [1.807, 2.05) is 0 Å². The zero-order valence-corrected chi connectivity index (χ0v) is 43.2. The smallest absolute Gasteiger partial charge is 0.0147 e. The fourth-order valence-electron chi connectivity index (χ4n) is 10.2. The first-order valence-corrected chi connectivity index (χ1v) is 24.8. The van der Waals surface area contributed by atoms with Crippen LogP contribution < -0.4 is 0 Å². The van der Waals surface area contributed by atoms with Crippen LogP contribution in [0.15, 0.2) is 24.3 Å². The van der Waals surface area contributed by atoms with Gasteiger partial charge in [-0.25, -0.2) is 0 Å². The van der Waals surface area contributed by atoms with Gasteiger partial charge in [-0.2, -0.15) is 0 Å². The van der Waals surface area contributed by atoms with Crippen LogP contribution in [0, 0.1) is 95.2 Å². The van der Waals surface area contributed by atoms with Gasteiger partial charge in [-0.15, -0.1) is 38.5 Å². The summed E-state index contributed by atoms with van der Waals surface area (Å²) in [6, 6.07) is 0. The molecule has 6 aliphatic rings. The molecule has 0 spiro atoms. The van der Waals surface area contributed by atoms with Crippen LogP contribution in [-0.4, -0.2) is 0 Å². The minimum absolute atomic E-state index is 0.443. The summed E-state index contributed by atoms with van der Waals surface area (Å²) in [6.45, 7) is 43.7. The molecule has 0 aromatic rings. The maximum atomic E-state index is 4.07. The van der Waals surface area contributed by atoms with E-state index in [4.69, 9.17) is 0 Å². The van der Waals surface area contributed by atoms with Crippen molar-refractivity contribution in [2.45, 2.75) is 258 Å². The summed E-state index contributed by atoms with van der Waals surface area (Å²) in [5.74, 6) is 4.84. The van der Waals surface area contributed by atoms with Gasteiger partial charge in [-0.1, -0.05) is 205 Å². The number of hydrogen-bond donors (Lipinski definition) is 0. The van der Waals surface area contributed by atoms with Gasteiger partial charge in [0.1, 0.15) is 0 Å². The Kier molecular flexibility index (Phi) is 33.3. The van der Waals surface area contributed by atoms with E-state index < -0.39 is 0 Å². The minimum Gasteiger partial charge on any atom is -0.124 e. The first-order valence-electron chi connectivity index (χ1n) is 24.8. The maximum absolute atomic E-state index is 4.07. The van der Waals surface area contributed by atoms with Gasteiger partial charge in [0.25, 0.3) is 0 Å². The van der Waals surface area contributed by atoms with Gasteiger partial charge in [0.2, 0.25) is 0 Å². The standard InChI is InChI=1S/2C10H20.C9H16.2C8H16.C8H14.3C2H2/c1-9(2)6-5-7-10(3,4)8-9;1-9(2)7-5-6-8-10(9,3)4;1-8-6-4-5-7-9(8,2)3;1-7-4-3-5-8(2)6-7;2*1-7-5-3-4-6-8(7)2;3*1-2/h2*5-8H2,1-4H3;1,4-7H2,2-3H3;2*7-8H,3-6H2,1-2H3;8H,1,3-6H2,2H3;3*1-2H/t;;;7-,8+;7-,8?;;;;/m....0..../s1. The highest BCUT2D eigenvalue weighted by Crippen LogP contribution is 2.49. The monoisotopic (exact) mass is 817 g/mol. The van der Waals surface area contributed by atoms with Crippen molar-refractivity contribution >= 4 is 0 Å². The normalized spacial score (nSPS) is 29.2. The largest absolute Gasteiger partial charge is 0.124 e. The first kappa shape index (κ1) is 61.5. The molecule has 0 aromatic carbocycles. The number of rotatable bonds is 0. The fraction of sp³-hybridized carbons (Fsp3) is 0.831. The van der Waals surface area contributed by atoms with Crippen LogP contribution >= 0.6 is 0 Å². The average molecular weight is 818 g/mol. The van der Waals surface area contributed by atoms with Gasteiger partial charge in [-0.3, -0.25) is 0 Å². The summed E-state index contributed by atoms with van der Waals surface area (Å²) in [5.41, 5.74) is 5.74. The van der Waals surface area contributed by atoms with E-state index in [1.165, 1.54) is 165 Å². The molecule has 0 heteroatoms. The third-order valence-electron chi connectivity index (χ3n) is 15.7. The summed E-state index contributed by atoms with van der Waals surface area (Å²) in [5, 5.41) is 0. The third-order valence-corrected chi connectivity index (χ3v) is 15.7. The van der Waals surface area contributed by atoms with Gasteiger partial charge >= 0.3 is 0 Å². The lowest BCUT2D eigenvalue weighted by Crippen LogP contribution is -2.35. The van der Waals surface area contributed by atoms with Crippen LogP contribution in [0.25, 0.3) is 0 Å². The highest BCUT2D eigenvalue weighted by Gasteiger charge is 2.38. The van der Waals surface area contributed by atoms with E-state index in [0.717, 1.165) is 29.6 Å². The summed E-state index contributed by atoms with van der Waals surface area (Å²) >= 11 is 0. The Bertz CT molecular complexity index is 1060. The zero-order valence-electron chi connectivity index (χ0n) is 43.2. The molecule has 5 atom stereocenters. The van der Waals surface area contributed by atoms with E-state index in [-0.39, 0.29) is 0 Å². The molecule has 0 N–H and O–H groups in total. The highest BCUT2D eigenvalue weighted by molar-refractivity contribution is 5.09. The van der Waals surface area contributed by atoms with E-state index in [1.54, 1.807) is 0 Å². The molecule has 344 valence electrons. The topological polar surface area (TPSA) is 0 Å². The van der Waals surface area contributed by atoms with E-state index >= 15 is 0 Å². The van der Waals surface area contributed by atoms with Gasteiger partial charge in [0.05, 0.1) is 0 Å². The van der Waals surface area contributed by atoms with Crippen molar-refractivity contribution in [3.63, 3.8) is 0 Å². The van der Waals surface area contributed by atoms with E-state index in [2.05, 4.69) is 156 Å². The summed E-state index contributed by atoms with van der Waals surface area (Å²) in [7, 11) is 0. The molecule has 0 aliphatic heterocycles. The van der Waals surface area contributed by atoms with Crippen molar-refractivity contribution in [1.82, 2.24) is 0 Å². The molecule has 0 bridgehead atoms. The highest BCUT2D eigenvalue weighted by atomic mass is 14.4. The molecule has 6 saturated carbocycles. The molecule has 6 fully saturated rings. The lowest BCUT2D eigenvalue weighted by molar-refractivity contribution is 0.0520. The predicted molar refractivity (Wildman–Crippen MR) is 273 cm³/mol. The summed E-state index contributed by atoms with van der Waals surface area (Å²) < 4.78 is 0. The Labute approximate surface area is 376 Å². The SMILES string of the molecule is C#C.C#C.C#C.C=C1CCCCC1(C)C.C=C1CCCCC1C.CC1(C)CCCC(C)(C)C1.CC1(C)CCCCC1(C)C.CC1CCCC[C@@H]1C.C[C@@H]1CCC[C@H](C)C1. The van der Waals surface area contributed by atoms with Crippen molar-refractivity contribution < 1.29 is 0 Å². The lowest BCUT2D eigenvalue weighted by atomic mass is 9.60. The number of hydrogen-bond acceptors (Lipinski definition) is 0. The second-order valence-electron chi connectivity index (χ2n) is 23.4. The summed E-state index contributed by atoms with van der Waals surface area (Å²) in [6.07, 6.45) is 58.0. The molecule has 0 nitrogen and oxygen atoms in total. The van der Waals surface area contributed by atoms with Crippen molar-refractivity contribution in [3.8, 4) is 38.5 Å². The molecular weight excluding hydrogens is 709 g/mol. The van der Waals surface area contributed by atoms with Crippen molar-refractivity contribution in [1.29, 1.82) is 0 Å². The van der Waals surface area contributed by atoms with Crippen molar-refractivity contribution in [2.75, 3.05) is 0 Å². The predicted octanol–water partition coefficient (Wildman–Crippen LogP) is 19.5. The Morgan fingerprint density at radius 2 is 0.814 bits per heavy atom. The molecule has 0 amide bonds. The maximum Gasteiger partial charge on any atom is -0.0147 e. The second-order valence-corrected chi connectivity index (χ2v) is 23.4. The first-order chi connectivity index (χ1) is 27.4. The van der Waals surface area contributed by atoms with Gasteiger partial charge in [0.15, 0.2) is 0 Å². The molecule has 59 heavy (non-hydrogen) atoms. The zero-order chi connectivity index (χ0) is 46.5. The Hall–Kier alpha value is -1.84. The fourth-order valence-corrected chi connectivity index (χ4v) is 10.2. The molecule has 2 unspecified atom stereocenters. The van der Waals surface area contributed by atoms with Crippen LogP contribution in [-0.2, 0) is 0 Å². The molecule has 0 heterocycles. The second kappa shape index (κ2) is 31.9. The van der Waals surface area contributed by atoms with E-state index in [0.29, 0.717) is 27.1 Å². The molecule has 0 aromatic heterocycles. The lowest BCUT2D eigenvalue weighted by Gasteiger charge is -2.45. The van der Waals surface area contributed by atoms with Crippen LogP contribution in [0.4, 0.5) is 0 Å². The van der Waals surface area contributed by atoms with Crippen LogP contribution in [0.3, 0.4) is 0 Å². The third kappa shape index (κ3) is 28.4. The number of terminal acetylenes is 3. The van der Waals surface area contributed by atoms with Gasteiger partial charge < -0.3 is 0 Å². The van der Waals surface area contributed by atoms with Crippen molar-refractivity contribution in [2.24, 2.45) is 56.7 Å². The van der Waals surface area contributed by atoms with Crippen LogP contribution in [0.5, 0.6) is 0 Å². The van der Waals surface area contributed by atoms with Gasteiger partial charge in [0, 0.05) is 0 Å². The minimum atomic E-state index is 0.443. The molecule has 6 aliphatic carbocycles. The quantitative estimate of drug-likeness (QED) is 0.169. The molecule has 6 rings (SSSR count). The van der Waals surface area contributed by atoms with E-state index in [9.17, 15) is 0 Å². The molecule has 0 saturated heterocycles.